The summed E-state index contributed by atoms with van der Waals surface area (Å²) in [6.45, 7) is 1.82. The normalized spacial score (nSPS) is 23.8. The van der Waals surface area contributed by atoms with Crippen molar-refractivity contribution < 1.29 is 19.0 Å². The molecule has 0 radical (unpaired) electrons. The maximum absolute atomic E-state index is 14.3. The van der Waals surface area contributed by atoms with Gasteiger partial charge in [-0.15, -0.1) is 0 Å². The third-order valence-electron chi connectivity index (χ3n) is 5.79. The number of rotatable bonds is 4. The molecular formula is C20H21ClFN3O3. The molecule has 2 unspecified atom stereocenters. The number of aromatic nitrogens is 1. The van der Waals surface area contributed by atoms with E-state index in [1.165, 1.54) is 12.3 Å². The van der Waals surface area contributed by atoms with Gasteiger partial charge in [0, 0.05) is 49.3 Å². The van der Waals surface area contributed by atoms with Crippen molar-refractivity contribution in [1.82, 2.24) is 9.88 Å². The lowest BCUT2D eigenvalue weighted by Gasteiger charge is -2.27. The Balaban J connectivity index is 1.51. The van der Waals surface area contributed by atoms with E-state index in [4.69, 9.17) is 16.3 Å². The number of nitrogens with zero attached hydrogens (tertiary/aromatic N) is 3. The van der Waals surface area contributed by atoms with Crippen LogP contribution >= 0.6 is 11.6 Å². The van der Waals surface area contributed by atoms with E-state index in [0.29, 0.717) is 37.5 Å². The summed E-state index contributed by atoms with van der Waals surface area (Å²) in [5.74, 6) is 0.407. The number of carbonyl (C=O) groups is 1. The summed E-state index contributed by atoms with van der Waals surface area (Å²) in [6.07, 6.45) is 1.42. The second-order valence-corrected chi connectivity index (χ2v) is 7.91. The molecule has 2 atom stereocenters. The molecule has 2 aliphatic heterocycles. The number of hydrogen-bond donors (Lipinski definition) is 1. The smallest absolute Gasteiger partial charge is 0.253 e. The predicted molar refractivity (Wildman–Crippen MR) is 103 cm³/mol. The molecule has 2 aliphatic rings. The molecule has 28 heavy (non-hydrogen) atoms. The molecule has 2 aromatic rings. The lowest BCUT2D eigenvalue weighted by atomic mass is 9.82. The molecule has 0 aliphatic carbocycles. The molecule has 2 fully saturated rings. The molecule has 1 aromatic heterocycles. The van der Waals surface area contributed by atoms with Gasteiger partial charge in [0.25, 0.3) is 5.91 Å². The van der Waals surface area contributed by atoms with E-state index in [2.05, 4.69) is 4.98 Å². The Morgan fingerprint density at radius 1 is 1.36 bits per heavy atom. The van der Waals surface area contributed by atoms with Crippen molar-refractivity contribution in [3.05, 3.63) is 52.9 Å². The Morgan fingerprint density at radius 2 is 2.11 bits per heavy atom. The van der Waals surface area contributed by atoms with Crippen molar-refractivity contribution >= 4 is 23.3 Å². The molecule has 0 spiro atoms. The van der Waals surface area contributed by atoms with Gasteiger partial charge in [0.1, 0.15) is 5.75 Å². The molecule has 1 amide bonds. The number of aliphatic hydroxyl groups excluding tert-OH is 1. The molecule has 2 saturated heterocycles. The number of anilines is 1. The first-order valence-electron chi connectivity index (χ1n) is 9.06. The van der Waals surface area contributed by atoms with Crippen LogP contribution in [0.25, 0.3) is 0 Å². The van der Waals surface area contributed by atoms with E-state index in [-0.39, 0.29) is 29.3 Å². The number of amides is 1. The van der Waals surface area contributed by atoms with E-state index in [1.54, 1.807) is 36.3 Å². The molecule has 3 heterocycles. The minimum absolute atomic E-state index is 0.0385. The van der Waals surface area contributed by atoms with Gasteiger partial charge in [-0.05, 0) is 30.3 Å². The minimum Gasteiger partial charge on any atom is -0.497 e. The lowest BCUT2D eigenvalue weighted by molar-refractivity contribution is 0.0748. The zero-order valence-corrected chi connectivity index (χ0v) is 16.2. The van der Waals surface area contributed by atoms with Crippen LogP contribution in [0, 0.1) is 17.2 Å². The van der Waals surface area contributed by atoms with Crippen molar-refractivity contribution in [1.29, 1.82) is 0 Å². The van der Waals surface area contributed by atoms with Crippen LogP contribution in [0.15, 0.2) is 36.5 Å². The number of ether oxygens (including phenoxy) is 1. The molecule has 1 N–H and O–H groups in total. The number of methoxy groups -OCH3 is 1. The van der Waals surface area contributed by atoms with Crippen LogP contribution in [0.4, 0.5) is 10.2 Å². The quantitative estimate of drug-likeness (QED) is 0.846. The Labute approximate surface area is 167 Å². The van der Waals surface area contributed by atoms with Crippen LogP contribution < -0.4 is 9.64 Å². The molecular weight excluding hydrogens is 385 g/mol. The average molecular weight is 406 g/mol. The third kappa shape index (κ3) is 3.18. The number of likely N-dealkylation sites (tertiary alicyclic amines) is 1. The number of fused-ring (bicyclic) bond motifs is 1. The van der Waals surface area contributed by atoms with Crippen LogP contribution in [0.2, 0.25) is 5.02 Å². The number of halogens is 2. The lowest BCUT2D eigenvalue weighted by Crippen LogP contribution is -2.39. The zero-order valence-electron chi connectivity index (χ0n) is 15.4. The summed E-state index contributed by atoms with van der Waals surface area (Å²) in [6, 6.07) is 8.22. The Hall–Kier alpha value is -2.38. The maximum atomic E-state index is 14.3. The van der Waals surface area contributed by atoms with Gasteiger partial charge in [0.2, 0.25) is 0 Å². The van der Waals surface area contributed by atoms with E-state index in [1.807, 2.05) is 4.90 Å². The highest BCUT2D eigenvalue weighted by atomic mass is 35.5. The van der Waals surface area contributed by atoms with E-state index in [9.17, 15) is 14.3 Å². The summed E-state index contributed by atoms with van der Waals surface area (Å²) in [4.78, 5) is 20.6. The van der Waals surface area contributed by atoms with Gasteiger partial charge >= 0.3 is 0 Å². The first-order chi connectivity index (χ1) is 13.5. The topological polar surface area (TPSA) is 65.9 Å². The highest BCUT2D eigenvalue weighted by Crippen LogP contribution is 2.44. The number of hydrogen-bond acceptors (Lipinski definition) is 5. The SMILES string of the molecule is COc1ccc(C(=O)N2CC3CN(c4ncc(Cl)cc4F)CC3(CO)C2)cc1. The summed E-state index contributed by atoms with van der Waals surface area (Å²) >= 11 is 5.79. The van der Waals surface area contributed by atoms with E-state index in [0.717, 1.165) is 0 Å². The van der Waals surface area contributed by atoms with Gasteiger partial charge in [0.15, 0.2) is 11.6 Å². The third-order valence-corrected chi connectivity index (χ3v) is 5.99. The van der Waals surface area contributed by atoms with E-state index >= 15 is 0 Å². The largest absolute Gasteiger partial charge is 0.497 e. The standard InChI is InChI=1S/C20H21ClFN3O3/c1-28-16-4-2-13(3-5-16)19(27)25-9-14-8-24(10-20(14,11-25)12-26)18-17(22)6-15(21)7-23-18/h2-7,14,26H,8-12H2,1H3. The molecule has 4 rings (SSSR count). The summed E-state index contributed by atoms with van der Waals surface area (Å²) in [7, 11) is 1.58. The van der Waals surface area contributed by atoms with Crippen LogP contribution in [0.1, 0.15) is 10.4 Å². The zero-order chi connectivity index (χ0) is 19.9. The van der Waals surface area contributed by atoms with Crippen LogP contribution in [0.5, 0.6) is 5.75 Å². The van der Waals surface area contributed by atoms with Crippen LogP contribution in [0.3, 0.4) is 0 Å². The fraction of sp³-hybridized carbons (Fsp3) is 0.400. The van der Waals surface area contributed by atoms with Crippen molar-refractivity contribution in [3.63, 3.8) is 0 Å². The predicted octanol–water partition coefficient (Wildman–Crippen LogP) is 2.45. The second kappa shape index (κ2) is 7.22. The number of carbonyl (C=O) groups excluding carboxylic acids is 1. The first-order valence-corrected chi connectivity index (χ1v) is 9.44. The summed E-state index contributed by atoms with van der Waals surface area (Å²) in [5, 5.41) is 10.4. The molecule has 0 bridgehead atoms. The van der Waals surface area contributed by atoms with Crippen molar-refractivity contribution in [2.45, 2.75) is 0 Å². The van der Waals surface area contributed by atoms with Crippen molar-refractivity contribution in [3.8, 4) is 5.75 Å². The molecule has 8 heteroatoms. The second-order valence-electron chi connectivity index (χ2n) is 7.47. The van der Waals surface area contributed by atoms with Crippen LogP contribution in [-0.2, 0) is 0 Å². The van der Waals surface area contributed by atoms with Gasteiger partial charge < -0.3 is 19.6 Å². The first kappa shape index (κ1) is 19.0. The Kier molecular flexibility index (Phi) is 4.89. The van der Waals surface area contributed by atoms with Crippen molar-refractivity contribution in [2.24, 2.45) is 11.3 Å². The van der Waals surface area contributed by atoms with Gasteiger partial charge in [-0.1, -0.05) is 11.6 Å². The monoisotopic (exact) mass is 405 g/mol. The number of aliphatic hydroxyl groups is 1. The van der Waals surface area contributed by atoms with Crippen LogP contribution in [-0.4, -0.2) is 60.8 Å². The van der Waals surface area contributed by atoms with Gasteiger partial charge in [-0.2, -0.15) is 0 Å². The highest BCUT2D eigenvalue weighted by molar-refractivity contribution is 6.30. The maximum Gasteiger partial charge on any atom is 0.253 e. The van der Waals surface area contributed by atoms with E-state index < -0.39 is 11.2 Å². The molecule has 148 valence electrons. The fourth-order valence-corrected chi connectivity index (χ4v) is 4.42. The van der Waals surface area contributed by atoms with Crippen molar-refractivity contribution in [2.75, 3.05) is 44.8 Å². The molecule has 6 nitrogen and oxygen atoms in total. The molecule has 0 saturated carbocycles. The highest BCUT2D eigenvalue weighted by Gasteiger charge is 2.53. The van der Waals surface area contributed by atoms with Gasteiger partial charge in [-0.3, -0.25) is 4.79 Å². The number of pyridine rings is 1. The average Bonchev–Trinajstić information content (AvgIpc) is 3.22. The number of benzene rings is 1. The summed E-state index contributed by atoms with van der Waals surface area (Å²) in [5.41, 5.74) is 0.0896. The Bertz CT molecular complexity index is 895. The fourth-order valence-electron chi connectivity index (χ4n) is 4.28. The van der Waals surface area contributed by atoms with Gasteiger partial charge in [0.05, 0.1) is 18.7 Å². The minimum atomic E-state index is -0.490. The molecule has 1 aromatic carbocycles. The summed E-state index contributed by atoms with van der Waals surface area (Å²) < 4.78 is 19.4. The van der Waals surface area contributed by atoms with Gasteiger partial charge in [-0.25, -0.2) is 9.37 Å². The Morgan fingerprint density at radius 3 is 2.71 bits per heavy atom.